The Labute approximate surface area is 145 Å². The van der Waals surface area contributed by atoms with Gasteiger partial charge in [0.05, 0.1) is 17.9 Å². The Morgan fingerprint density at radius 1 is 1.33 bits per heavy atom. The molecule has 0 aliphatic carbocycles. The number of hydrogen-bond acceptors (Lipinski definition) is 4. The summed E-state index contributed by atoms with van der Waals surface area (Å²) in [6, 6.07) is 7.04. The molecule has 126 valence electrons. The number of esters is 1. The Morgan fingerprint density at radius 3 is 2.54 bits per heavy atom. The van der Waals surface area contributed by atoms with Gasteiger partial charge < -0.3 is 10.1 Å². The lowest BCUT2D eigenvalue weighted by Crippen LogP contribution is -2.13. The summed E-state index contributed by atoms with van der Waals surface area (Å²) in [5, 5.41) is 7.18. The molecule has 0 aliphatic heterocycles. The minimum atomic E-state index is -0.392. The first-order valence-electron chi connectivity index (χ1n) is 7.37. The van der Waals surface area contributed by atoms with Crippen LogP contribution in [0.1, 0.15) is 28.5 Å². The van der Waals surface area contributed by atoms with Crippen molar-refractivity contribution < 1.29 is 14.3 Å². The van der Waals surface area contributed by atoms with Crippen molar-refractivity contribution in [2.45, 2.75) is 13.8 Å². The molecule has 2 aromatic rings. The molecule has 6 nitrogen and oxygen atoms in total. The number of aromatic nitrogens is 2. The van der Waals surface area contributed by atoms with Gasteiger partial charge in [0.25, 0.3) is 5.91 Å². The number of carbonyl (C=O) groups is 2. The molecule has 0 spiro atoms. The fraction of sp³-hybridized carbons (Fsp3) is 0.235. The van der Waals surface area contributed by atoms with Gasteiger partial charge in [0.1, 0.15) is 5.15 Å². The number of halogens is 1. The number of nitrogens with zero attached hydrogens (tertiary/aromatic N) is 2. The van der Waals surface area contributed by atoms with Crippen molar-refractivity contribution in [2.24, 2.45) is 7.05 Å². The van der Waals surface area contributed by atoms with Crippen molar-refractivity contribution in [3.63, 3.8) is 0 Å². The highest BCUT2D eigenvalue weighted by atomic mass is 35.5. The highest BCUT2D eigenvalue weighted by molar-refractivity contribution is 6.33. The van der Waals surface area contributed by atoms with E-state index in [0.717, 1.165) is 5.56 Å². The van der Waals surface area contributed by atoms with Crippen molar-refractivity contribution in [3.8, 4) is 0 Å². The molecule has 0 bridgehead atoms. The van der Waals surface area contributed by atoms with E-state index < -0.39 is 5.97 Å². The molecule has 1 aromatic carbocycles. The SMILES string of the molecule is CCOC(=O)/C=C/c1ccc(NC(=O)c2c(C)nn(C)c2Cl)cc1. The van der Waals surface area contributed by atoms with E-state index in [4.69, 9.17) is 16.3 Å². The van der Waals surface area contributed by atoms with E-state index >= 15 is 0 Å². The summed E-state index contributed by atoms with van der Waals surface area (Å²) in [4.78, 5) is 23.6. The predicted molar refractivity (Wildman–Crippen MR) is 93.0 cm³/mol. The number of hydrogen-bond donors (Lipinski definition) is 1. The lowest BCUT2D eigenvalue weighted by atomic mass is 10.2. The number of nitrogens with one attached hydrogen (secondary N) is 1. The lowest BCUT2D eigenvalue weighted by Gasteiger charge is -2.05. The molecule has 0 saturated carbocycles. The van der Waals surface area contributed by atoms with Crippen molar-refractivity contribution >= 4 is 35.2 Å². The van der Waals surface area contributed by atoms with Crippen LogP contribution in [0.4, 0.5) is 5.69 Å². The van der Waals surface area contributed by atoms with Gasteiger partial charge in [-0.3, -0.25) is 9.48 Å². The zero-order valence-corrected chi connectivity index (χ0v) is 14.4. The van der Waals surface area contributed by atoms with Crippen molar-refractivity contribution in [3.05, 3.63) is 52.3 Å². The Bertz CT molecular complexity index is 779. The summed E-state index contributed by atoms with van der Waals surface area (Å²) in [6.45, 7) is 3.81. The van der Waals surface area contributed by atoms with Crippen LogP contribution in [-0.2, 0) is 16.6 Å². The fourth-order valence-electron chi connectivity index (χ4n) is 2.11. The van der Waals surface area contributed by atoms with Crippen LogP contribution in [0.25, 0.3) is 6.08 Å². The number of anilines is 1. The number of aryl methyl sites for hydroxylation is 2. The average Bonchev–Trinajstić information content (AvgIpc) is 2.79. The molecule has 0 unspecified atom stereocenters. The van der Waals surface area contributed by atoms with E-state index in [0.29, 0.717) is 28.7 Å². The zero-order valence-electron chi connectivity index (χ0n) is 13.7. The Morgan fingerprint density at radius 2 is 2.00 bits per heavy atom. The van der Waals surface area contributed by atoms with Gasteiger partial charge in [-0.2, -0.15) is 5.10 Å². The molecule has 0 saturated heterocycles. The van der Waals surface area contributed by atoms with E-state index in [2.05, 4.69) is 10.4 Å². The molecule has 1 aromatic heterocycles. The van der Waals surface area contributed by atoms with Crippen LogP contribution in [0, 0.1) is 6.92 Å². The second-order valence-corrected chi connectivity index (χ2v) is 5.39. The van der Waals surface area contributed by atoms with Crippen LogP contribution in [0.15, 0.2) is 30.3 Å². The summed E-state index contributed by atoms with van der Waals surface area (Å²) >= 11 is 6.08. The number of rotatable bonds is 5. The van der Waals surface area contributed by atoms with Crippen LogP contribution in [0.3, 0.4) is 0 Å². The minimum absolute atomic E-state index is 0.291. The monoisotopic (exact) mass is 347 g/mol. The third-order valence-corrected chi connectivity index (χ3v) is 3.68. The van der Waals surface area contributed by atoms with Crippen LogP contribution in [-0.4, -0.2) is 28.3 Å². The van der Waals surface area contributed by atoms with Crippen molar-refractivity contribution in [1.29, 1.82) is 0 Å². The first-order chi connectivity index (χ1) is 11.4. The quantitative estimate of drug-likeness (QED) is 0.665. The topological polar surface area (TPSA) is 73.2 Å². The molecule has 2 rings (SSSR count). The highest BCUT2D eigenvalue weighted by Crippen LogP contribution is 2.20. The molecule has 7 heteroatoms. The van der Waals surface area contributed by atoms with Crippen molar-refractivity contribution in [1.82, 2.24) is 9.78 Å². The van der Waals surface area contributed by atoms with Gasteiger partial charge >= 0.3 is 5.97 Å². The second-order valence-electron chi connectivity index (χ2n) is 5.04. The average molecular weight is 348 g/mol. The summed E-state index contributed by atoms with van der Waals surface area (Å²) in [6.07, 6.45) is 3.00. The van der Waals surface area contributed by atoms with E-state index in [1.54, 1.807) is 51.2 Å². The largest absolute Gasteiger partial charge is 0.463 e. The van der Waals surface area contributed by atoms with E-state index in [-0.39, 0.29) is 5.91 Å². The van der Waals surface area contributed by atoms with E-state index in [1.807, 2.05) is 0 Å². The maximum atomic E-state index is 12.3. The number of carbonyl (C=O) groups excluding carboxylic acids is 2. The normalized spacial score (nSPS) is 10.8. The molecule has 1 N–H and O–H groups in total. The highest BCUT2D eigenvalue weighted by Gasteiger charge is 2.18. The van der Waals surface area contributed by atoms with Gasteiger partial charge in [-0.1, -0.05) is 23.7 Å². The lowest BCUT2D eigenvalue weighted by molar-refractivity contribution is -0.137. The van der Waals surface area contributed by atoms with Gasteiger partial charge in [-0.15, -0.1) is 0 Å². The number of benzene rings is 1. The summed E-state index contributed by atoms with van der Waals surface area (Å²) in [5.74, 6) is -0.711. The molecular weight excluding hydrogens is 330 g/mol. The molecule has 1 amide bonds. The summed E-state index contributed by atoms with van der Waals surface area (Å²) in [7, 11) is 1.68. The van der Waals surface area contributed by atoms with Crippen LogP contribution in [0.5, 0.6) is 0 Å². The Kier molecular flexibility index (Phi) is 5.76. The first-order valence-corrected chi connectivity index (χ1v) is 7.75. The second kappa shape index (κ2) is 7.79. The molecular formula is C17H18ClN3O3. The molecule has 0 aliphatic rings. The van der Waals surface area contributed by atoms with Gasteiger partial charge in [-0.25, -0.2) is 4.79 Å². The van der Waals surface area contributed by atoms with Crippen LogP contribution < -0.4 is 5.32 Å². The molecule has 0 fully saturated rings. The summed E-state index contributed by atoms with van der Waals surface area (Å²) < 4.78 is 6.26. The summed E-state index contributed by atoms with van der Waals surface area (Å²) in [5.41, 5.74) is 2.35. The van der Waals surface area contributed by atoms with Crippen LogP contribution >= 0.6 is 11.6 Å². The number of amides is 1. The molecule has 24 heavy (non-hydrogen) atoms. The number of ether oxygens (including phenoxy) is 1. The zero-order chi connectivity index (χ0) is 17.7. The standard InChI is InChI=1S/C17H18ClN3O3/c1-4-24-14(22)10-7-12-5-8-13(9-6-12)19-17(23)15-11(2)20-21(3)16(15)18/h5-10H,4H2,1-3H3,(H,19,23)/b10-7+. The van der Waals surface area contributed by atoms with Crippen LogP contribution in [0.2, 0.25) is 5.15 Å². The smallest absolute Gasteiger partial charge is 0.330 e. The third kappa shape index (κ3) is 4.23. The van der Waals surface area contributed by atoms with E-state index in [1.165, 1.54) is 10.8 Å². The maximum absolute atomic E-state index is 12.3. The Hall–Kier alpha value is -2.60. The molecule has 0 radical (unpaired) electrons. The fourth-order valence-corrected chi connectivity index (χ4v) is 2.37. The molecule has 0 atom stereocenters. The van der Waals surface area contributed by atoms with Gasteiger partial charge in [0.15, 0.2) is 0 Å². The maximum Gasteiger partial charge on any atom is 0.330 e. The van der Waals surface area contributed by atoms with Gasteiger partial charge in [0.2, 0.25) is 0 Å². The van der Waals surface area contributed by atoms with Crippen molar-refractivity contribution in [2.75, 3.05) is 11.9 Å². The first kappa shape index (κ1) is 17.7. The van der Waals surface area contributed by atoms with E-state index in [9.17, 15) is 9.59 Å². The predicted octanol–water partition coefficient (Wildman–Crippen LogP) is 3.21. The minimum Gasteiger partial charge on any atom is -0.463 e. The molecule has 1 heterocycles. The third-order valence-electron chi connectivity index (χ3n) is 3.25. The van der Waals surface area contributed by atoms with Gasteiger partial charge in [0, 0.05) is 18.8 Å². The van der Waals surface area contributed by atoms with Gasteiger partial charge in [-0.05, 0) is 37.6 Å². The Balaban J connectivity index is 2.06.